The molecule has 2 N–H and O–H groups in total. The molecule has 1 unspecified atom stereocenters. The lowest BCUT2D eigenvalue weighted by Crippen LogP contribution is -2.31. The number of hydrogen-bond donors (Lipinski definition) is 1. The minimum Gasteiger partial charge on any atom is -0.399 e. The highest BCUT2D eigenvalue weighted by molar-refractivity contribution is 7.92. The van der Waals surface area contributed by atoms with Gasteiger partial charge in [0.05, 0.1) is 4.90 Å². The van der Waals surface area contributed by atoms with Crippen LogP contribution in [0.15, 0.2) is 29.2 Å². The Hall–Kier alpha value is -1.56. The van der Waals surface area contributed by atoms with Crippen molar-refractivity contribution < 1.29 is 13.2 Å². The second-order valence-corrected chi connectivity index (χ2v) is 6.28. The van der Waals surface area contributed by atoms with E-state index in [9.17, 15) is 13.2 Å². The van der Waals surface area contributed by atoms with Crippen molar-refractivity contribution in [1.82, 2.24) is 4.90 Å². The van der Waals surface area contributed by atoms with Gasteiger partial charge >= 0.3 is 0 Å². The van der Waals surface area contributed by atoms with E-state index in [1.54, 1.807) is 7.05 Å². The Bertz CT molecular complexity index is 536. The smallest absolute Gasteiger partial charge is 0.241 e. The molecule has 1 aliphatic rings. The van der Waals surface area contributed by atoms with Gasteiger partial charge in [0.2, 0.25) is 5.91 Å². The molecule has 1 aromatic rings. The van der Waals surface area contributed by atoms with Crippen LogP contribution in [0.4, 0.5) is 5.69 Å². The number of anilines is 1. The maximum absolute atomic E-state index is 12.2. The molecule has 0 aliphatic carbocycles. The fourth-order valence-electron chi connectivity index (χ4n) is 1.90. The van der Waals surface area contributed by atoms with Gasteiger partial charge in [-0.15, -0.1) is 0 Å². The predicted molar refractivity (Wildman–Crippen MR) is 64.1 cm³/mol. The number of carbonyl (C=O) groups excluding carboxylic acids is 1. The Morgan fingerprint density at radius 1 is 1.29 bits per heavy atom. The van der Waals surface area contributed by atoms with E-state index in [4.69, 9.17) is 5.73 Å². The van der Waals surface area contributed by atoms with Crippen molar-refractivity contribution in [3.05, 3.63) is 24.3 Å². The molecule has 5 nitrogen and oxygen atoms in total. The number of sulfone groups is 1. The number of benzene rings is 1. The van der Waals surface area contributed by atoms with Crippen LogP contribution in [0.5, 0.6) is 0 Å². The monoisotopic (exact) mass is 254 g/mol. The van der Waals surface area contributed by atoms with Crippen LogP contribution < -0.4 is 5.73 Å². The van der Waals surface area contributed by atoms with Gasteiger partial charge in [-0.2, -0.15) is 0 Å². The molecule has 2 rings (SSSR count). The maximum Gasteiger partial charge on any atom is 0.241 e. The number of nitrogens with two attached hydrogens (primary N) is 1. The molecule has 1 aromatic carbocycles. The van der Waals surface area contributed by atoms with Crippen LogP contribution in [0.25, 0.3) is 0 Å². The van der Waals surface area contributed by atoms with E-state index >= 15 is 0 Å². The average molecular weight is 254 g/mol. The van der Waals surface area contributed by atoms with E-state index in [-0.39, 0.29) is 10.8 Å². The molecule has 92 valence electrons. The Morgan fingerprint density at radius 3 is 2.35 bits per heavy atom. The van der Waals surface area contributed by atoms with Crippen molar-refractivity contribution in [2.75, 3.05) is 19.3 Å². The molecule has 0 spiro atoms. The molecule has 1 aliphatic heterocycles. The summed E-state index contributed by atoms with van der Waals surface area (Å²) in [4.78, 5) is 13.3. The molecule has 1 atom stereocenters. The van der Waals surface area contributed by atoms with Crippen LogP contribution in [0, 0.1) is 0 Å². The van der Waals surface area contributed by atoms with E-state index in [1.807, 2.05) is 0 Å². The summed E-state index contributed by atoms with van der Waals surface area (Å²) in [5.74, 6) is -0.332. The summed E-state index contributed by atoms with van der Waals surface area (Å²) in [6.45, 7) is 0.484. The van der Waals surface area contributed by atoms with Crippen molar-refractivity contribution in [3.63, 3.8) is 0 Å². The number of likely N-dealkylation sites (tertiary alicyclic amines) is 1. The normalized spacial score (nSPS) is 20.9. The largest absolute Gasteiger partial charge is 0.399 e. The van der Waals surface area contributed by atoms with Crippen molar-refractivity contribution >= 4 is 21.4 Å². The van der Waals surface area contributed by atoms with Gasteiger partial charge < -0.3 is 10.6 Å². The fourth-order valence-corrected chi connectivity index (χ4v) is 3.61. The summed E-state index contributed by atoms with van der Waals surface area (Å²) >= 11 is 0. The molecule has 17 heavy (non-hydrogen) atoms. The minimum atomic E-state index is -3.58. The van der Waals surface area contributed by atoms with Gasteiger partial charge in [-0.3, -0.25) is 4.79 Å². The van der Waals surface area contributed by atoms with Crippen LogP contribution in [0.2, 0.25) is 0 Å². The Labute approximate surface area is 100 Å². The van der Waals surface area contributed by atoms with Gasteiger partial charge in [-0.1, -0.05) is 0 Å². The molecule has 0 radical (unpaired) electrons. The van der Waals surface area contributed by atoms with Gasteiger partial charge in [0.1, 0.15) is 5.25 Å². The lowest BCUT2D eigenvalue weighted by atomic mass is 10.3. The Balaban J connectivity index is 2.37. The van der Waals surface area contributed by atoms with E-state index < -0.39 is 15.1 Å². The number of hydrogen-bond acceptors (Lipinski definition) is 4. The number of nitrogen functional groups attached to an aromatic ring is 1. The summed E-state index contributed by atoms with van der Waals surface area (Å²) in [5.41, 5.74) is 6.00. The second kappa shape index (κ2) is 4.03. The molecule has 1 heterocycles. The summed E-state index contributed by atoms with van der Waals surface area (Å²) in [7, 11) is -1.97. The Kier molecular flexibility index (Phi) is 2.82. The lowest BCUT2D eigenvalue weighted by molar-refractivity contribution is -0.126. The molecular formula is C11H14N2O3S. The minimum absolute atomic E-state index is 0.153. The molecule has 1 amide bonds. The molecular weight excluding hydrogens is 240 g/mol. The van der Waals surface area contributed by atoms with Gasteiger partial charge in [0.15, 0.2) is 9.84 Å². The standard InChI is InChI=1S/C11H14N2O3S/c1-13-7-6-10(11(13)14)17(15,16)9-4-2-8(12)3-5-9/h2-5,10H,6-7,12H2,1H3. The van der Waals surface area contributed by atoms with Crippen LogP contribution in [0.1, 0.15) is 6.42 Å². The SMILES string of the molecule is CN1CCC(S(=O)(=O)c2ccc(N)cc2)C1=O. The third kappa shape index (κ3) is 2.00. The zero-order chi connectivity index (χ0) is 12.6. The van der Waals surface area contributed by atoms with Crippen LogP contribution in [-0.2, 0) is 14.6 Å². The summed E-state index contributed by atoms with van der Waals surface area (Å²) in [6, 6.07) is 5.93. The lowest BCUT2D eigenvalue weighted by Gasteiger charge is -2.11. The molecule has 1 saturated heterocycles. The predicted octanol–water partition coefficient (Wildman–Crippen LogP) is 0.273. The quantitative estimate of drug-likeness (QED) is 0.768. The van der Waals surface area contributed by atoms with E-state index in [0.29, 0.717) is 18.7 Å². The second-order valence-electron chi connectivity index (χ2n) is 4.15. The van der Waals surface area contributed by atoms with Gasteiger partial charge in [-0.25, -0.2) is 8.42 Å². The number of nitrogens with zero attached hydrogens (tertiary/aromatic N) is 1. The number of rotatable bonds is 2. The summed E-state index contributed by atoms with van der Waals surface area (Å²) in [6.07, 6.45) is 0.349. The highest BCUT2D eigenvalue weighted by Gasteiger charge is 2.40. The van der Waals surface area contributed by atoms with Crippen LogP contribution >= 0.6 is 0 Å². The van der Waals surface area contributed by atoms with Crippen molar-refractivity contribution in [2.45, 2.75) is 16.6 Å². The third-order valence-electron chi connectivity index (χ3n) is 2.96. The topological polar surface area (TPSA) is 80.5 Å². The van der Waals surface area contributed by atoms with Gasteiger partial charge in [0, 0.05) is 19.3 Å². The molecule has 6 heteroatoms. The molecule has 0 bridgehead atoms. The van der Waals surface area contributed by atoms with E-state index in [1.165, 1.54) is 29.2 Å². The zero-order valence-electron chi connectivity index (χ0n) is 9.46. The van der Waals surface area contributed by atoms with E-state index in [0.717, 1.165) is 0 Å². The Morgan fingerprint density at radius 2 is 1.88 bits per heavy atom. The molecule has 1 fully saturated rings. The first-order chi connectivity index (χ1) is 7.93. The highest BCUT2D eigenvalue weighted by atomic mass is 32.2. The summed E-state index contributed by atoms with van der Waals surface area (Å²) in [5, 5.41) is -0.948. The first-order valence-electron chi connectivity index (χ1n) is 5.27. The van der Waals surface area contributed by atoms with E-state index in [2.05, 4.69) is 0 Å². The van der Waals surface area contributed by atoms with Gasteiger partial charge in [-0.05, 0) is 30.7 Å². The van der Waals surface area contributed by atoms with Gasteiger partial charge in [0.25, 0.3) is 0 Å². The summed E-state index contributed by atoms with van der Waals surface area (Å²) < 4.78 is 24.4. The molecule has 0 aromatic heterocycles. The van der Waals surface area contributed by atoms with Crippen LogP contribution in [0.3, 0.4) is 0 Å². The first kappa shape index (κ1) is 11.9. The first-order valence-corrected chi connectivity index (χ1v) is 6.82. The fraction of sp³-hybridized carbons (Fsp3) is 0.364. The van der Waals surface area contributed by atoms with Crippen molar-refractivity contribution in [1.29, 1.82) is 0 Å². The zero-order valence-corrected chi connectivity index (χ0v) is 10.3. The highest BCUT2D eigenvalue weighted by Crippen LogP contribution is 2.24. The third-order valence-corrected chi connectivity index (χ3v) is 5.08. The molecule has 0 saturated carbocycles. The maximum atomic E-state index is 12.2. The average Bonchev–Trinajstić information content (AvgIpc) is 2.61. The number of amides is 1. The van der Waals surface area contributed by atoms with Crippen LogP contribution in [-0.4, -0.2) is 38.1 Å². The number of carbonyl (C=O) groups is 1. The van der Waals surface area contributed by atoms with Crippen molar-refractivity contribution in [3.8, 4) is 0 Å². The van der Waals surface area contributed by atoms with Crippen molar-refractivity contribution in [2.24, 2.45) is 0 Å².